The number of H-pyrrole nitrogens is 1. The predicted molar refractivity (Wildman–Crippen MR) is 113 cm³/mol. The number of piperidine rings is 1. The van der Waals surface area contributed by atoms with Gasteiger partial charge in [-0.1, -0.05) is 30.3 Å². The van der Waals surface area contributed by atoms with Gasteiger partial charge in [0.25, 0.3) is 5.56 Å². The Morgan fingerprint density at radius 1 is 0.897 bits per heavy atom. The summed E-state index contributed by atoms with van der Waals surface area (Å²) in [6, 6.07) is 17.7. The van der Waals surface area contributed by atoms with Crippen molar-refractivity contribution in [3.63, 3.8) is 0 Å². The molecule has 1 aliphatic rings. The molecule has 0 unspecified atom stereocenters. The maximum absolute atomic E-state index is 12.6. The van der Waals surface area contributed by atoms with E-state index < -0.39 is 0 Å². The maximum atomic E-state index is 12.6. The first kappa shape index (κ1) is 17.4. The van der Waals surface area contributed by atoms with E-state index in [1.54, 1.807) is 0 Å². The molecule has 6 heteroatoms. The van der Waals surface area contributed by atoms with Gasteiger partial charge in [-0.15, -0.1) is 0 Å². The monoisotopic (exact) mass is 384 g/mol. The summed E-state index contributed by atoms with van der Waals surface area (Å²) in [6.07, 6.45) is 5.97. The highest BCUT2D eigenvalue weighted by Gasteiger charge is 2.20. The van der Waals surface area contributed by atoms with E-state index in [9.17, 15) is 9.59 Å². The van der Waals surface area contributed by atoms with Gasteiger partial charge < -0.3 is 14.5 Å². The van der Waals surface area contributed by atoms with Crippen molar-refractivity contribution in [3.05, 3.63) is 77.5 Å². The number of para-hydroxylation sites is 1. The fraction of sp³-hybridized carbons (Fsp3) is 0.174. The number of fused-ring (bicyclic) bond motifs is 1. The molecule has 0 saturated carbocycles. The van der Waals surface area contributed by atoms with Crippen molar-refractivity contribution in [1.82, 2.24) is 14.5 Å². The number of anilines is 1. The number of hydrogen-bond donors (Lipinski definition) is 1. The molecule has 2 aromatic carbocycles. The lowest BCUT2D eigenvalue weighted by Gasteiger charge is -2.26. The second-order valence-electron chi connectivity index (χ2n) is 7.23. The summed E-state index contributed by atoms with van der Waals surface area (Å²) in [5.74, 6) is 0.172. The SMILES string of the molecule is O=C1CCCCN1c1ccc(-c2cn(-c3ccccc3)c3nc[nH]c(=O)c23)cc1. The van der Waals surface area contributed by atoms with Crippen LogP contribution in [-0.4, -0.2) is 27.0 Å². The average Bonchev–Trinajstić information content (AvgIpc) is 3.16. The van der Waals surface area contributed by atoms with Crippen molar-refractivity contribution in [2.24, 2.45) is 0 Å². The number of carbonyl (C=O) groups excluding carboxylic acids is 1. The molecule has 0 atom stereocenters. The highest BCUT2D eigenvalue weighted by molar-refractivity contribution is 5.96. The largest absolute Gasteiger partial charge is 0.312 e. The first-order chi connectivity index (χ1) is 14.2. The third-order valence-electron chi connectivity index (χ3n) is 5.44. The van der Waals surface area contributed by atoms with Crippen LogP contribution in [0.15, 0.2) is 71.9 Å². The Morgan fingerprint density at radius 2 is 1.69 bits per heavy atom. The van der Waals surface area contributed by atoms with Gasteiger partial charge in [0.2, 0.25) is 5.91 Å². The zero-order valence-corrected chi connectivity index (χ0v) is 15.8. The fourth-order valence-electron chi connectivity index (χ4n) is 3.97. The molecule has 5 rings (SSSR count). The molecule has 3 heterocycles. The summed E-state index contributed by atoms with van der Waals surface area (Å²) in [6.45, 7) is 0.759. The summed E-state index contributed by atoms with van der Waals surface area (Å²) in [4.78, 5) is 33.8. The van der Waals surface area contributed by atoms with Gasteiger partial charge >= 0.3 is 0 Å². The third kappa shape index (κ3) is 3.02. The molecule has 1 fully saturated rings. The highest BCUT2D eigenvalue weighted by atomic mass is 16.2. The van der Waals surface area contributed by atoms with Crippen molar-refractivity contribution in [2.75, 3.05) is 11.4 Å². The molecule has 1 aliphatic heterocycles. The van der Waals surface area contributed by atoms with Gasteiger partial charge in [0.05, 0.1) is 11.7 Å². The minimum Gasteiger partial charge on any atom is -0.312 e. The first-order valence-electron chi connectivity index (χ1n) is 9.77. The minimum atomic E-state index is -0.171. The van der Waals surface area contributed by atoms with Crippen molar-refractivity contribution in [3.8, 4) is 16.8 Å². The highest BCUT2D eigenvalue weighted by Crippen LogP contribution is 2.31. The number of aromatic amines is 1. The number of hydrogen-bond acceptors (Lipinski definition) is 3. The van der Waals surface area contributed by atoms with Crippen molar-refractivity contribution in [1.29, 1.82) is 0 Å². The number of rotatable bonds is 3. The van der Waals surface area contributed by atoms with Crippen LogP contribution in [-0.2, 0) is 4.79 Å². The van der Waals surface area contributed by atoms with E-state index in [0.29, 0.717) is 17.5 Å². The van der Waals surface area contributed by atoms with E-state index in [2.05, 4.69) is 9.97 Å². The molecule has 0 radical (unpaired) electrons. The maximum Gasteiger partial charge on any atom is 0.260 e. The predicted octanol–water partition coefficient (Wildman–Crippen LogP) is 3.90. The summed E-state index contributed by atoms with van der Waals surface area (Å²) in [5.41, 5.74) is 4.01. The minimum absolute atomic E-state index is 0.171. The molecule has 1 N–H and O–H groups in total. The lowest BCUT2D eigenvalue weighted by molar-refractivity contribution is -0.119. The second-order valence-corrected chi connectivity index (χ2v) is 7.23. The van der Waals surface area contributed by atoms with Gasteiger partial charge in [0.1, 0.15) is 0 Å². The Morgan fingerprint density at radius 3 is 2.45 bits per heavy atom. The molecule has 4 aromatic rings. The number of carbonyl (C=O) groups is 1. The lowest BCUT2D eigenvalue weighted by Crippen LogP contribution is -2.35. The van der Waals surface area contributed by atoms with Gasteiger partial charge in [-0.25, -0.2) is 4.98 Å². The molecular weight excluding hydrogens is 364 g/mol. The molecule has 0 bridgehead atoms. The second kappa shape index (κ2) is 7.05. The van der Waals surface area contributed by atoms with Crippen molar-refractivity contribution < 1.29 is 4.79 Å². The van der Waals surface area contributed by atoms with Crippen LogP contribution in [0, 0.1) is 0 Å². The number of aromatic nitrogens is 3. The number of amides is 1. The average molecular weight is 384 g/mol. The Kier molecular flexibility index (Phi) is 4.24. The topological polar surface area (TPSA) is 71.0 Å². The van der Waals surface area contributed by atoms with Gasteiger partial charge in [-0.2, -0.15) is 0 Å². The standard InChI is InChI=1S/C23H20N4O2/c28-20-8-4-5-13-26(20)18-11-9-16(10-12-18)19-14-27(17-6-2-1-3-7-17)22-21(19)23(29)25-15-24-22/h1-3,6-7,9-12,14-15H,4-5,8,13H2,(H,24,25,29). The molecule has 1 amide bonds. The zero-order valence-electron chi connectivity index (χ0n) is 15.8. The van der Waals surface area contributed by atoms with Gasteiger partial charge in [0.15, 0.2) is 5.65 Å². The van der Waals surface area contributed by atoms with Crippen LogP contribution in [0.5, 0.6) is 0 Å². The normalized spacial score (nSPS) is 14.5. The van der Waals surface area contributed by atoms with E-state index in [0.717, 1.165) is 41.9 Å². The van der Waals surface area contributed by atoms with Gasteiger partial charge in [-0.3, -0.25) is 9.59 Å². The van der Waals surface area contributed by atoms with Crippen LogP contribution >= 0.6 is 0 Å². The van der Waals surface area contributed by atoms with E-state index >= 15 is 0 Å². The van der Waals surface area contributed by atoms with Crippen molar-refractivity contribution in [2.45, 2.75) is 19.3 Å². The van der Waals surface area contributed by atoms with E-state index in [-0.39, 0.29) is 11.5 Å². The molecule has 2 aromatic heterocycles. The molecule has 0 aliphatic carbocycles. The van der Waals surface area contributed by atoms with Gasteiger partial charge in [-0.05, 0) is 42.7 Å². The van der Waals surface area contributed by atoms with E-state index in [4.69, 9.17) is 0 Å². The Labute approximate surface area is 167 Å². The van der Waals surface area contributed by atoms with Crippen LogP contribution in [0.3, 0.4) is 0 Å². The van der Waals surface area contributed by atoms with Crippen LogP contribution in [0.4, 0.5) is 5.69 Å². The van der Waals surface area contributed by atoms with Crippen LogP contribution < -0.4 is 10.5 Å². The number of nitrogens with zero attached hydrogens (tertiary/aromatic N) is 3. The van der Waals surface area contributed by atoms with Crippen LogP contribution in [0.25, 0.3) is 27.8 Å². The first-order valence-corrected chi connectivity index (χ1v) is 9.77. The third-order valence-corrected chi connectivity index (χ3v) is 5.44. The Balaban J connectivity index is 1.62. The molecule has 144 valence electrons. The van der Waals surface area contributed by atoms with Crippen LogP contribution in [0.1, 0.15) is 19.3 Å². The molecular formula is C23H20N4O2. The molecule has 29 heavy (non-hydrogen) atoms. The molecule has 6 nitrogen and oxygen atoms in total. The summed E-state index contributed by atoms with van der Waals surface area (Å²) in [7, 11) is 0. The fourth-order valence-corrected chi connectivity index (χ4v) is 3.97. The Bertz CT molecular complexity index is 1240. The van der Waals surface area contributed by atoms with Crippen LogP contribution in [0.2, 0.25) is 0 Å². The smallest absolute Gasteiger partial charge is 0.260 e. The summed E-state index contributed by atoms with van der Waals surface area (Å²) in [5, 5.41) is 0.554. The lowest BCUT2D eigenvalue weighted by atomic mass is 10.0. The number of nitrogens with one attached hydrogen (secondary N) is 1. The number of benzene rings is 2. The summed E-state index contributed by atoms with van der Waals surface area (Å²) < 4.78 is 1.93. The van der Waals surface area contributed by atoms with Crippen molar-refractivity contribution >= 4 is 22.6 Å². The molecule has 0 spiro atoms. The molecule has 1 saturated heterocycles. The van der Waals surface area contributed by atoms with E-state index in [1.807, 2.05) is 70.3 Å². The zero-order chi connectivity index (χ0) is 19.8. The Hall–Kier alpha value is -3.67. The summed E-state index contributed by atoms with van der Waals surface area (Å²) >= 11 is 0. The van der Waals surface area contributed by atoms with Gasteiger partial charge in [0, 0.05) is 36.1 Å². The quantitative estimate of drug-likeness (QED) is 0.582. The van der Waals surface area contributed by atoms with E-state index in [1.165, 1.54) is 6.33 Å².